The van der Waals surface area contributed by atoms with Crippen LogP contribution in [0, 0.1) is 5.92 Å². The summed E-state index contributed by atoms with van der Waals surface area (Å²) in [5.74, 6) is 2.48. The van der Waals surface area contributed by atoms with Crippen LogP contribution in [0.1, 0.15) is 24.2 Å². The maximum Gasteiger partial charge on any atom is 0.293 e. The predicted octanol–water partition coefficient (Wildman–Crippen LogP) is 2.82. The number of nitrogens with zero attached hydrogens (tertiary/aromatic N) is 5. The van der Waals surface area contributed by atoms with E-state index in [-0.39, 0.29) is 0 Å². The molecular formula is C20H23N5O2. The van der Waals surface area contributed by atoms with Crippen LogP contribution in [0.2, 0.25) is 0 Å². The average Bonchev–Trinajstić information content (AvgIpc) is 3.41. The number of fused-ring (bicyclic) bond motifs is 3. The lowest BCUT2D eigenvalue weighted by molar-refractivity contribution is -0.00395. The molecule has 0 saturated carbocycles. The summed E-state index contributed by atoms with van der Waals surface area (Å²) in [7, 11) is 0. The Kier molecular flexibility index (Phi) is 4.47. The van der Waals surface area contributed by atoms with Crippen molar-refractivity contribution in [3.8, 4) is 11.7 Å². The summed E-state index contributed by atoms with van der Waals surface area (Å²) in [6.07, 6.45) is 7.92. The first-order valence-corrected chi connectivity index (χ1v) is 9.57. The Bertz CT molecular complexity index is 856. The van der Waals surface area contributed by atoms with Crippen molar-refractivity contribution in [2.24, 2.45) is 5.92 Å². The van der Waals surface area contributed by atoms with Gasteiger partial charge in [-0.15, -0.1) is 0 Å². The molecule has 140 valence electrons. The Balaban J connectivity index is 1.38. The van der Waals surface area contributed by atoms with Crippen LogP contribution in [0.4, 0.5) is 0 Å². The van der Waals surface area contributed by atoms with Gasteiger partial charge >= 0.3 is 0 Å². The van der Waals surface area contributed by atoms with Gasteiger partial charge in [0.05, 0.1) is 12.8 Å². The van der Waals surface area contributed by atoms with Gasteiger partial charge in [-0.3, -0.25) is 9.88 Å². The fraction of sp³-hybridized carbons (Fsp3) is 0.450. The number of furan rings is 1. The summed E-state index contributed by atoms with van der Waals surface area (Å²) in [6.45, 7) is 5.08. The van der Waals surface area contributed by atoms with E-state index in [2.05, 4.69) is 31.0 Å². The van der Waals surface area contributed by atoms with Crippen molar-refractivity contribution in [3.05, 3.63) is 54.3 Å². The van der Waals surface area contributed by atoms with Gasteiger partial charge in [0.1, 0.15) is 0 Å². The molecule has 7 heteroatoms. The van der Waals surface area contributed by atoms with Gasteiger partial charge in [-0.25, -0.2) is 0 Å². The largest absolute Gasteiger partial charge is 0.459 e. The van der Waals surface area contributed by atoms with Crippen LogP contribution in [-0.4, -0.2) is 50.6 Å². The molecule has 0 unspecified atom stereocenters. The van der Waals surface area contributed by atoms with Crippen LogP contribution in [-0.2, 0) is 13.1 Å². The van der Waals surface area contributed by atoms with Gasteiger partial charge < -0.3 is 13.8 Å². The lowest BCUT2D eigenvalue weighted by atomic mass is 9.83. The first-order chi connectivity index (χ1) is 13.3. The van der Waals surface area contributed by atoms with E-state index in [1.165, 1.54) is 31.5 Å². The highest BCUT2D eigenvalue weighted by Crippen LogP contribution is 2.32. The molecule has 0 aliphatic carbocycles. The number of piperidine rings is 3. The maximum atomic E-state index is 5.41. The van der Waals surface area contributed by atoms with Crippen molar-refractivity contribution in [3.63, 3.8) is 0 Å². The fourth-order valence-electron chi connectivity index (χ4n) is 4.36. The second kappa shape index (κ2) is 7.25. The summed E-state index contributed by atoms with van der Waals surface area (Å²) in [6, 6.07) is 8.29. The Morgan fingerprint density at radius 1 is 1.15 bits per heavy atom. The second-order valence-corrected chi connectivity index (χ2v) is 7.46. The van der Waals surface area contributed by atoms with Gasteiger partial charge in [-0.1, -0.05) is 11.2 Å². The molecule has 6 heterocycles. The van der Waals surface area contributed by atoms with E-state index in [0.717, 1.165) is 19.0 Å². The third kappa shape index (κ3) is 3.52. The molecule has 2 bridgehead atoms. The van der Waals surface area contributed by atoms with E-state index in [9.17, 15) is 0 Å². The van der Waals surface area contributed by atoms with Crippen molar-refractivity contribution in [2.45, 2.75) is 32.0 Å². The zero-order valence-corrected chi connectivity index (χ0v) is 15.2. The minimum atomic E-state index is 0.435. The predicted molar refractivity (Wildman–Crippen MR) is 98.4 cm³/mol. The smallest absolute Gasteiger partial charge is 0.293 e. The summed E-state index contributed by atoms with van der Waals surface area (Å²) >= 11 is 0. The minimum absolute atomic E-state index is 0.435. The normalized spacial score (nSPS) is 24.6. The Hall–Kier alpha value is -2.51. The highest BCUT2D eigenvalue weighted by atomic mass is 16.5. The van der Waals surface area contributed by atoms with E-state index in [0.29, 0.717) is 30.1 Å². The van der Waals surface area contributed by atoms with Crippen LogP contribution in [0.5, 0.6) is 0 Å². The molecule has 0 amide bonds. The molecule has 7 nitrogen and oxygen atoms in total. The Morgan fingerprint density at radius 2 is 2.07 bits per heavy atom. The summed E-state index contributed by atoms with van der Waals surface area (Å²) in [5.41, 5.74) is 1.21. The van der Waals surface area contributed by atoms with Crippen molar-refractivity contribution >= 4 is 0 Å². The molecule has 27 heavy (non-hydrogen) atoms. The van der Waals surface area contributed by atoms with Gasteiger partial charge in [0.2, 0.25) is 0 Å². The first-order valence-electron chi connectivity index (χ1n) is 9.57. The van der Waals surface area contributed by atoms with Crippen LogP contribution in [0.25, 0.3) is 11.7 Å². The standard InChI is InChI=1S/C20H23N5O2/c1-3-15(11-21-7-1)12-25(17-13-24-8-5-16(17)6-9-24)14-19-22-20(27-23-19)18-4-2-10-26-18/h1-4,7,10-11,16-17H,5-6,8-9,12-14H2/t17-/m0/s1. The van der Waals surface area contributed by atoms with Gasteiger partial charge in [0.25, 0.3) is 5.89 Å². The van der Waals surface area contributed by atoms with Crippen molar-refractivity contribution in [2.75, 3.05) is 19.6 Å². The van der Waals surface area contributed by atoms with Crippen molar-refractivity contribution < 1.29 is 8.94 Å². The molecule has 3 aliphatic heterocycles. The van der Waals surface area contributed by atoms with Crippen LogP contribution >= 0.6 is 0 Å². The van der Waals surface area contributed by atoms with Gasteiger partial charge in [-0.05, 0) is 55.6 Å². The van der Waals surface area contributed by atoms with Crippen LogP contribution < -0.4 is 0 Å². The third-order valence-electron chi connectivity index (χ3n) is 5.74. The number of hydrogen-bond donors (Lipinski definition) is 0. The summed E-state index contributed by atoms with van der Waals surface area (Å²) in [5, 5.41) is 4.19. The molecule has 0 radical (unpaired) electrons. The zero-order chi connectivity index (χ0) is 18.1. The van der Waals surface area contributed by atoms with E-state index in [1.807, 2.05) is 30.6 Å². The molecule has 3 aromatic rings. The number of aromatic nitrogens is 3. The van der Waals surface area contributed by atoms with E-state index in [1.54, 1.807) is 6.26 Å². The Labute approximate surface area is 158 Å². The Morgan fingerprint density at radius 3 is 2.78 bits per heavy atom. The molecule has 3 aromatic heterocycles. The third-order valence-corrected chi connectivity index (χ3v) is 5.74. The zero-order valence-electron chi connectivity index (χ0n) is 15.2. The lowest BCUT2D eigenvalue weighted by Gasteiger charge is -2.49. The monoisotopic (exact) mass is 365 g/mol. The van der Waals surface area contributed by atoms with Gasteiger partial charge in [-0.2, -0.15) is 4.98 Å². The maximum absolute atomic E-state index is 5.41. The molecule has 0 aromatic carbocycles. The van der Waals surface area contributed by atoms with Crippen LogP contribution in [0.3, 0.4) is 0 Å². The minimum Gasteiger partial charge on any atom is -0.459 e. The fourth-order valence-corrected chi connectivity index (χ4v) is 4.36. The number of rotatable bonds is 6. The molecule has 0 N–H and O–H groups in total. The molecule has 1 atom stereocenters. The van der Waals surface area contributed by atoms with E-state index >= 15 is 0 Å². The number of hydrogen-bond acceptors (Lipinski definition) is 7. The first kappa shape index (κ1) is 16.6. The molecule has 3 aliphatic rings. The molecule has 3 fully saturated rings. The highest BCUT2D eigenvalue weighted by molar-refractivity contribution is 5.42. The molecular weight excluding hydrogens is 342 g/mol. The SMILES string of the molecule is c1cncc(CN(Cc2noc(-c3ccco3)n2)[C@H]2CN3CCC2CC3)c1. The average molecular weight is 365 g/mol. The van der Waals surface area contributed by atoms with Gasteiger partial charge in [0, 0.05) is 31.5 Å². The van der Waals surface area contributed by atoms with E-state index < -0.39 is 0 Å². The lowest BCUT2D eigenvalue weighted by Crippen LogP contribution is -2.56. The quantitative estimate of drug-likeness (QED) is 0.665. The summed E-state index contributed by atoms with van der Waals surface area (Å²) in [4.78, 5) is 13.9. The molecule has 6 rings (SSSR count). The molecule has 3 saturated heterocycles. The highest BCUT2D eigenvalue weighted by Gasteiger charge is 2.37. The van der Waals surface area contributed by atoms with Crippen LogP contribution in [0.15, 0.2) is 51.9 Å². The van der Waals surface area contributed by atoms with Crippen molar-refractivity contribution in [1.29, 1.82) is 0 Å². The van der Waals surface area contributed by atoms with Crippen molar-refractivity contribution in [1.82, 2.24) is 24.9 Å². The van der Waals surface area contributed by atoms with Gasteiger partial charge in [0.15, 0.2) is 11.6 Å². The van der Waals surface area contributed by atoms with E-state index in [4.69, 9.17) is 8.94 Å². The summed E-state index contributed by atoms with van der Waals surface area (Å²) < 4.78 is 10.8. The molecule has 0 spiro atoms. The topological polar surface area (TPSA) is 71.4 Å². The number of pyridine rings is 1. The second-order valence-electron chi connectivity index (χ2n) is 7.46.